The highest BCUT2D eigenvalue weighted by molar-refractivity contribution is 8.04. The Morgan fingerprint density at radius 1 is 1.67 bits per heavy atom. The van der Waals surface area contributed by atoms with E-state index >= 15 is 0 Å². The first-order valence-corrected chi connectivity index (χ1v) is 5.36. The topological polar surface area (TPSA) is 50.5 Å². The first-order chi connectivity index (χ1) is 7.18. The number of ketones is 1. The van der Waals surface area contributed by atoms with E-state index in [1.54, 1.807) is 19.2 Å². The Bertz CT molecular complexity index is 422. The number of rotatable bonds is 2. The van der Waals surface area contributed by atoms with Crippen molar-refractivity contribution < 1.29 is 14.0 Å². The lowest BCUT2D eigenvalue weighted by atomic mass is 10.3. The Hall–Kier alpha value is -1.49. The van der Waals surface area contributed by atoms with Gasteiger partial charge in [-0.05, 0) is 12.1 Å². The molecule has 0 aromatic carbocycles. The van der Waals surface area contributed by atoms with Crippen molar-refractivity contribution in [2.24, 2.45) is 0 Å². The van der Waals surface area contributed by atoms with E-state index in [-0.39, 0.29) is 17.5 Å². The van der Waals surface area contributed by atoms with E-state index in [4.69, 9.17) is 4.42 Å². The molecule has 5 heteroatoms. The van der Waals surface area contributed by atoms with E-state index in [1.165, 1.54) is 29.0 Å². The van der Waals surface area contributed by atoms with Crippen LogP contribution in [0.4, 0.5) is 0 Å². The van der Waals surface area contributed by atoms with Crippen molar-refractivity contribution in [3.05, 3.63) is 35.3 Å². The van der Waals surface area contributed by atoms with E-state index in [9.17, 15) is 9.59 Å². The van der Waals surface area contributed by atoms with Gasteiger partial charge in [0.1, 0.15) is 0 Å². The molecule has 1 aromatic rings. The molecule has 2 rings (SSSR count). The molecule has 1 amide bonds. The highest BCUT2D eigenvalue weighted by Gasteiger charge is 2.23. The molecule has 0 atom stereocenters. The van der Waals surface area contributed by atoms with Gasteiger partial charge in [0.2, 0.25) is 11.7 Å². The highest BCUT2D eigenvalue weighted by atomic mass is 32.2. The SMILES string of the molecule is CN1C(=O)CS/C1=C/C(=O)c1ccco1. The lowest BCUT2D eigenvalue weighted by molar-refractivity contribution is -0.124. The summed E-state index contributed by atoms with van der Waals surface area (Å²) in [7, 11) is 1.66. The first kappa shape index (κ1) is 10.0. The zero-order valence-electron chi connectivity index (χ0n) is 8.10. The summed E-state index contributed by atoms with van der Waals surface area (Å²) in [6.07, 6.45) is 2.87. The Morgan fingerprint density at radius 2 is 2.47 bits per heavy atom. The van der Waals surface area contributed by atoms with E-state index in [0.29, 0.717) is 10.8 Å². The smallest absolute Gasteiger partial charge is 0.237 e. The molecule has 0 spiro atoms. The number of carbonyl (C=O) groups is 2. The summed E-state index contributed by atoms with van der Waals surface area (Å²) in [4.78, 5) is 24.3. The second-order valence-electron chi connectivity index (χ2n) is 3.07. The summed E-state index contributed by atoms with van der Waals surface area (Å²) < 4.78 is 4.96. The molecular weight excluding hydrogens is 214 g/mol. The molecule has 4 nitrogen and oxygen atoms in total. The molecule has 0 N–H and O–H groups in total. The van der Waals surface area contributed by atoms with Gasteiger partial charge >= 0.3 is 0 Å². The molecule has 0 saturated carbocycles. The molecular formula is C10H9NO3S. The molecule has 1 aromatic heterocycles. The van der Waals surface area contributed by atoms with Gasteiger partial charge in [-0.2, -0.15) is 0 Å². The van der Waals surface area contributed by atoms with Crippen molar-refractivity contribution in [2.75, 3.05) is 12.8 Å². The molecule has 0 radical (unpaired) electrons. The van der Waals surface area contributed by atoms with Crippen LogP contribution in [0.25, 0.3) is 0 Å². The van der Waals surface area contributed by atoms with E-state index in [1.807, 2.05) is 0 Å². The summed E-state index contributed by atoms with van der Waals surface area (Å²) in [5.41, 5.74) is 0. The van der Waals surface area contributed by atoms with Crippen LogP contribution in [0.3, 0.4) is 0 Å². The number of hydrogen-bond donors (Lipinski definition) is 0. The molecule has 78 valence electrons. The third kappa shape index (κ3) is 1.97. The van der Waals surface area contributed by atoms with Crippen LogP contribution in [0, 0.1) is 0 Å². The second kappa shape index (κ2) is 3.94. The van der Waals surface area contributed by atoms with Gasteiger partial charge in [-0.15, -0.1) is 0 Å². The van der Waals surface area contributed by atoms with Crippen molar-refractivity contribution in [1.29, 1.82) is 0 Å². The second-order valence-corrected chi connectivity index (χ2v) is 4.06. The maximum Gasteiger partial charge on any atom is 0.237 e. The number of thioether (sulfide) groups is 1. The monoisotopic (exact) mass is 223 g/mol. The van der Waals surface area contributed by atoms with Crippen LogP contribution < -0.4 is 0 Å². The number of hydrogen-bond acceptors (Lipinski definition) is 4. The van der Waals surface area contributed by atoms with Crippen molar-refractivity contribution in [2.45, 2.75) is 0 Å². The summed E-state index contributed by atoms with van der Waals surface area (Å²) in [6, 6.07) is 3.25. The van der Waals surface area contributed by atoms with E-state index in [2.05, 4.69) is 0 Å². The van der Waals surface area contributed by atoms with Crippen LogP contribution in [-0.4, -0.2) is 29.4 Å². The van der Waals surface area contributed by atoms with Crippen LogP contribution in [-0.2, 0) is 4.79 Å². The molecule has 0 bridgehead atoms. The average Bonchev–Trinajstić information content (AvgIpc) is 2.83. The standard InChI is InChI=1S/C10H9NO3S/c1-11-9(13)6-15-10(11)5-7(12)8-3-2-4-14-8/h2-5H,6H2,1H3/b10-5+. The van der Waals surface area contributed by atoms with Gasteiger partial charge in [-0.1, -0.05) is 11.8 Å². The third-order valence-corrected chi connectivity index (χ3v) is 3.15. The predicted octanol–water partition coefficient (Wildman–Crippen LogP) is 1.51. The minimum atomic E-state index is -0.218. The van der Waals surface area contributed by atoms with Gasteiger partial charge in [0.25, 0.3) is 0 Å². The fraction of sp³-hybridized carbons (Fsp3) is 0.200. The third-order valence-electron chi connectivity index (χ3n) is 2.07. The molecule has 1 aliphatic rings. The lowest BCUT2D eigenvalue weighted by Gasteiger charge is -2.07. The minimum Gasteiger partial charge on any atom is -0.461 e. The van der Waals surface area contributed by atoms with Crippen LogP contribution >= 0.6 is 11.8 Å². The molecule has 0 aliphatic carbocycles. The zero-order valence-corrected chi connectivity index (χ0v) is 8.91. The van der Waals surface area contributed by atoms with Gasteiger partial charge < -0.3 is 9.32 Å². The van der Waals surface area contributed by atoms with Gasteiger partial charge in [-0.3, -0.25) is 9.59 Å². The normalized spacial score (nSPS) is 18.9. The maximum absolute atomic E-state index is 11.6. The Labute approximate surface area is 90.9 Å². The Kier molecular flexibility index (Phi) is 2.64. The largest absolute Gasteiger partial charge is 0.461 e. The lowest BCUT2D eigenvalue weighted by Crippen LogP contribution is -2.19. The molecule has 1 fully saturated rings. The first-order valence-electron chi connectivity index (χ1n) is 4.37. The van der Waals surface area contributed by atoms with Gasteiger partial charge in [-0.25, -0.2) is 0 Å². The minimum absolute atomic E-state index is 0.0125. The molecule has 1 aliphatic heterocycles. The highest BCUT2D eigenvalue weighted by Crippen LogP contribution is 2.27. The molecule has 1 saturated heterocycles. The van der Waals surface area contributed by atoms with Crippen LogP contribution in [0.2, 0.25) is 0 Å². The van der Waals surface area contributed by atoms with Gasteiger partial charge in [0, 0.05) is 13.1 Å². The summed E-state index contributed by atoms with van der Waals surface area (Å²) in [5, 5.41) is 0.668. The molecule has 2 heterocycles. The average molecular weight is 223 g/mol. The number of carbonyl (C=O) groups excluding carboxylic acids is 2. The van der Waals surface area contributed by atoms with Crippen molar-refractivity contribution >= 4 is 23.5 Å². The fourth-order valence-corrected chi connectivity index (χ4v) is 2.14. The summed E-state index contributed by atoms with van der Waals surface area (Å²) in [6.45, 7) is 0. The van der Waals surface area contributed by atoms with E-state index in [0.717, 1.165) is 0 Å². The Morgan fingerprint density at radius 3 is 3.00 bits per heavy atom. The van der Waals surface area contributed by atoms with Crippen molar-refractivity contribution in [1.82, 2.24) is 4.90 Å². The zero-order chi connectivity index (χ0) is 10.8. The quantitative estimate of drug-likeness (QED) is 0.563. The molecule has 15 heavy (non-hydrogen) atoms. The van der Waals surface area contributed by atoms with Crippen LogP contribution in [0.1, 0.15) is 10.6 Å². The van der Waals surface area contributed by atoms with Gasteiger partial charge in [0.15, 0.2) is 5.76 Å². The number of amides is 1. The summed E-state index contributed by atoms with van der Waals surface area (Å²) >= 11 is 1.36. The van der Waals surface area contributed by atoms with Crippen LogP contribution in [0.15, 0.2) is 33.9 Å². The molecule has 0 unspecified atom stereocenters. The number of allylic oxidation sites excluding steroid dienone is 1. The number of nitrogens with zero attached hydrogens (tertiary/aromatic N) is 1. The van der Waals surface area contributed by atoms with Crippen LogP contribution in [0.5, 0.6) is 0 Å². The van der Waals surface area contributed by atoms with Crippen molar-refractivity contribution in [3.63, 3.8) is 0 Å². The van der Waals surface area contributed by atoms with Crippen molar-refractivity contribution in [3.8, 4) is 0 Å². The predicted molar refractivity (Wildman–Crippen MR) is 56.3 cm³/mol. The Balaban J connectivity index is 2.18. The fourth-order valence-electron chi connectivity index (χ4n) is 1.19. The van der Waals surface area contributed by atoms with E-state index < -0.39 is 0 Å². The number of furan rings is 1. The maximum atomic E-state index is 11.6. The summed E-state index contributed by atoms with van der Waals surface area (Å²) in [5.74, 6) is 0.478. The van der Waals surface area contributed by atoms with Gasteiger partial charge in [0.05, 0.1) is 17.0 Å².